The van der Waals surface area contributed by atoms with E-state index in [1.54, 1.807) is 19.1 Å². The van der Waals surface area contributed by atoms with Crippen molar-refractivity contribution in [2.75, 3.05) is 10.7 Å². The van der Waals surface area contributed by atoms with E-state index in [1.807, 2.05) is 0 Å². The SMILES string of the molecule is Cc1coc(NC(=O)c2ccc(NN)cn2)n1. The van der Waals surface area contributed by atoms with Crippen LogP contribution in [0.4, 0.5) is 11.7 Å². The maximum atomic E-state index is 11.7. The predicted octanol–water partition coefficient (Wildman–Crippen LogP) is 0.916. The van der Waals surface area contributed by atoms with E-state index in [4.69, 9.17) is 10.3 Å². The van der Waals surface area contributed by atoms with Crippen LogP contribution in [0.5, 0.6) is 0 Å². The molecular weight excluding hydrogens is 222 g/mol. The number of nitrogen functional groups attached to an aromatic ring is 1. The van der Waals surface area contributed by atoms with Gasteiger partial charge in [-0.05, 0) is 19.1 Å². The Hall–Kier alpha value is -2.41. The monoisotopic (exact) mass is 233 g/mol. The van der Waals surface area contributed by atoms with Gasteiger partial charge in [0.05, 0.1) is 17.6 Å². The molecule has 0 aliphatic heterocycles. The highest BCUT2D eigenvalue weighted by Gasteiger charge is 2.10. The van der Waals surface area contributed by atoms with Crippen LogP contribution in [0.15, 0.2) is 29.0 Å². The average Bonchev–Trinajstić information content (AvgIpc) is 2.75. The van der Waals surface area contributed by atoms with Crippen molar-refractivity contribution in [2.45, 2.75) is 6.92 Å². The molecule has 0 radical (unpaired) electrons. The lowest BCUT2D eigenvalue weighted by Crippen LogP contribution is -2.14. The molecule has 7 heteroatoms. The quantitative estimate of drug-likeness (QED) is 0.537. The second kappa shape index (κ2) is 4.62. The number of rotatable bonds is 3. The minimum atomic E-state index is -0.393. The summed E-state index contributed by atoms with van der Waals surface area (Å²) in [7, 11) is 0. The maximum Gasteiger partial charge on any atom is 0.301 e. The van der Waals surface area contributed by atoms with E-state index in [2.05, 4.69) is 20.7 Å². The van der Waals surface area contributed by atoms with Gasteiger partial charge in [0, 0.05) is 0 Å². The topological polar surface area (TPSA) is 106 Å². The summed E-state index contributed by atoms with van der Waals surface area (Å²) >= 11 is 0. The van der Waals surface area contributed by atoms with Gasteiger partial charge in [0.15, 0.2) is 0 Å². The van der Waals surface area contributed by atoms with Gasteiger partial charge in [-0.1, -0.05) is 0 Å². The number of aryl methyl sites for hydroxylation is 1. The number of nitrogens with two attached hydrogens (primary N) is 1. The van der Waals surface area contributed by atoms with Crippen LogP contribution in [-0.2, 0) is 0 Å². The van der Waals surface area contributed by atoms with Gasteiger partial charge in [-0.3, -0.25) is 16.0 Å². The number of hydrogen-bond acceptors (Lipinski definition) is 6. The summed E-state index contributed by atoms with van der Waals surface area (Å²) in [6.45, 7) is 1.76. The van der Waals surface area contributed by atoms with E-state index < -0.39 is 5.91 Å². The Morgan fingerprint density at radius 2 is 2.29 bits per heavy atom. The largest absolute Gasteiger partial charge is 0.432 e. The van der Waals surface area contributed by atoms with Gasteiger partial charge in [-0.15, -0.1) is 0 Å². The molecule has 2 heterocycles. The molecule has 2 aromatic heterocycles. The zero-order chi connectivity index (χ0) is 12.3. The third-order valence-electron chi connectivity index (χ3n) is 2.00. The molecule has 88 valence electrons. The van der Waals surface area contributed by atoms with Crippen molar-refractivity contribution >= 4 is 17.6 Å². The zero-order valence-electron chi connectivity index (χ0n) is 9.10. The number of amides is 1. The van der Waals surface area contributed by atoms with Gasteiger partial charge < -0.3 is 9.84 Å². The van der Waals surface area contributed by atoms with Crippen LogP contribution in [0, 0.1) is 6.92 Å². The Labute approximate surface area is 97.0 Å². The van der Waals surface area contributed by atoms with Gasteiger partial charge >= 0.3 is 6.01 Å². The van der Waals surface area contributed by atoms with Gasteiger partial charge in [-0.2, -0.15) is 4.98 Å². The van der Waals surface area contributed by atoms with Crippen LogP contribution in [0.2, 0.25) is 0 Å². The fourth-order valence-electron chi connectivity index (χ4n) is 1.19. The minimum absolute atomic E-state index is 0.148. The van der Waals surface area contributed by atoms with Gasteiger partial charge in [0.25, 0.3) is 5.91 Å². The number of nitrogens with zero attached hydrogens (tertiary/aromatic N) is 2. The molecule has 2 rings (SSSR count). The van der Waals surface area contributed by atoms with Crippen LogP contribution in [0.1, 0.15) is 16.2 Å². The zero-order valence-corrected chi connectivity index (χ0v) is 9.10. The third kappa shape index (κ3) is 2.58. The number of hydrazine groups is 1. The van der Waals surface area contributed by atoms with Crippen LogP contribution < -0.4 is 16.6 Å². The summed E-state index contributed by atoms with van der Waals surface area (Å²) in [6, 6.07) is 3.33. The number of anilines is 2. The second-order valence-corrected chi connectivity index (χ2v) is 3.32. The fraction of sp³-hybridized carbons (Fsp3) is 0.100. The molecule has 1 amide bonds. The molecular formula is C10H11N5O2. The molecule has 0 fully saturated rings. The first-order chi connectivity index (χ1) is 8.19. The van der Waals surface area contributed by atoms with Gasteiger partial charge in [0.1, 0.15) is 12.0 Å². The van der Waals surface area contributed by atoms with Crippen molar-refractivity contribution in [3.05, 3.63) is 36.0 Å². The predicted molar refractivity (Wildman–Crippen MR) is 61.2 cm³/mol. The highest BCUT2D eigenvalue weighted by Crippen LogP contribution is 2.09. The summed E-state index contributed by atoms with van der Waals surface area (Å²) in [5.74, 6) is 4.79. The Morgan fingerprint density at radius 3 is 2.82 bits per heavy atom. The van der Waals surface area contributed by atoms with E-state index in [9.17, 15) is 4.79 Å². The van der Waals surface area contributed by atoms with Crippen molar-refractivity contribution in [3.8, 4) is 0 Å². The smallest absolute Gasteiger partial charge is 0.301 e. The molecule has 4 N–H and O–H groups in total. The Bertz CT molecular complexity index is 520. The summed E-state index contributed by atoms with van der Waals surface area (Å²) in [6.07, 6.45) is 2.90. The molecule has 2 aromatic rings. The lowest BCUT2D eigenvalue weighted by Gasteiger charge is -2.01. The Morgan fingerprint density at radius 1 is 1.47 bits per heavy atom. The molecule has 0 bridgehead atoms. The third-order valence-corrected chi connectivity index (χ3v) is 2.00. The normalized spacial score (nSPS) is 10.0. The number of pyridine rings is 1. The highest BCUT2D eigenvalue weighted by molar-refractivity contribution is 6.01. The molecule has 0 saturated heterocycles. The summed E-state index contributed by atoms with van der Waals surface area (Å²) in [4.78, 5) is 19.6. The van der Waals surface area contributed by atoms with Crippen LogP contribution in [0.25, 0.3) is 0 Å². The van der Waals surface area contributed by atoms with Crippen molar-refractivity contribution in [1.82, 2.24) is 9.97 Å². The number of hydrogen-bond donors (Lipinski definition) is 3. The molecule has 17 heavy (non-hydrogen) atoms. The molecule has 0 aromatic carbocycles. The number of nitrogens with one attached hydrogen (secondary N) is 2. The summed E-state index contributed by atoms with van der Waals surface area (Å²) in [5, 5.41) is 2.49. The van der Waals surface area contributed by atoms with Crippen LogP contribution in [-0.4, -0.2) is 15.9 Å². The molecule has 0 aliphatic rings. The lowest BCUT2D eigenvalue weighted by atomic mass is 10.3. The number of carbonyl (C=O) groups is 1. The van der Waals surface area contributed by atoms with E-state index in [0.717, 1.165) is 0 Å². The first-order valence-corrected chi connectivity index (χ1v) is 4.85. The van der Waals surface area contributed by atoms with E-state index in [-0.39, 0.29) is 11.7 Å². The molecule has 0 aliphatic carbocycles. The van der Waals surface area contributed by atoms with Crippen molar-refractivity contribution in [3.63, 3.8) is 0 Å². The lowest BCUT2D eigenvalue weighted by molar-refractivity contribution is 0.101. The van der Waals surface area contributed by atoms with E-state index in [0.29, 0.717) is 11.4 Å². The van der Waals surface area contributed by atoms with Crippen LogP contribution >= 0.6 is 0 Å². The Balaban J connectivity index is 2.09. The minimum Gasteiger partial charge on any atom is -0.432 e. The van der Waals surface area contributed by atoms with Gasteiger partial charge in [-0.25, -0.2) is 4.98 Å². The fourth-order valence-corrected chi connectivity index (χ4v) is 1.19. The highest BCUT2D eigenvalue weighted by atomic mass is 16.4. The molecule has 0 saturated carbocycles. The maximum absolute atomic E-state index is 11.7. The van der Waals surface area contributed by atoms with Crippen molar-refractivity contribution in [2.24, 2.45) is 5.84 Å². The number of oxazole rings is 1. The van der Waals surface area contributed by atoms with Crippen molar-refractivity contribution in [1.29, 1.82) is 0 Å². The molecule has 7 nitrogen and oxygen atoms in total. The summed E-state index contributed by atoms with van der Waals surface area (Å²) in [5.41, 5.74) is 3.98. The standard InChI is InChI=1S/C10H11N5O2/c1-6-5-17-10(13-6)14-9(16)8-3-2-7(15-11)4-12-8/h2-5,15H,11H2,1H3,(H,13,14,16). The summed E-state index contributed by atoms with van der Waals surface area (Å²) < 4.78 is 5.00. The number of carbonyl (C=O) groups excluding carboxylic acids is 1. The molecule has 0 unspecified atom stereocenters. The molecule has 0 spiro atoms. The van der Waals surface area contributed by atoms with Crippen molar-refractivity contribution < 1.29 is 9.21 Å². The average molecular weight is 233 g/mol. The number of aromatic nitrogens is 2. The van der Waals surface area contributed by atoms with Gasteiger partial charge in [0.2, 0.25) is 0 Å². The van der Waals surface area contributed by atoms with Crippen LogP contribution in [0.3, 0.4) is 0 Å². The van der Waals surface area contributed by atoms with E-state index >= 15 is 0 Å². The second-order valence-electron chi connectivity index (χ2n) is 3.32. The molecule has 0 atom stereocenters. The van der Waals surface area contributed by atoms with E-state index in [1.165, 1.54) is 12.5 Å². The first-order valence-electron chi connectivity index (χ1n) is 4.85. The Kier molecular flexibility index (Phi) is 3.01. The first kappa shape index (κ1) is 11.1.